The third-order valence-electron chi connectivity index (χ3n) is 5.22. The molecule has 0 aliphatic carbocycles. The number of nitrogens with one attached hydrogen (secondary N) is 1. The number of hydrogen-bond acceptors (Lipinski definition) is 4. The van der Waals surface area contributed by atoms with Crippen molar-refractivity contribution in [2.75, 3.05) is 11.4 Å². The van der Waals surface area contributed by atoms with E-state index in [0.717, 1.165) is 6.07 Å². The molecular formula is C20H14ClF4N3O2. The minimum absolute atomic E-state index is 0.0502. The van der Waals surface area contributed by atoms with Gasteiger partial charge in [-0.25, -0.2) is 4.39 Å². The van der Waals surface area contributed by atoms with E-state index in [1.165, 1.54) is 0 Å². The highest BCUT2D eigenvalue weighted by atomic mass is 35.5. The molecule has 156 valence electrons. The van der Waals surface area contributed by atoms with Crippen molar-refractivity contribution < 1.29 is 27.1 Å². The van der Waals surface area contributed by atoms with E-state index in [2.05, 4.69) is 5.32 Å². The van der Waals surface area contributed by atoms with Gasteiger partial charge in [0.1, 0.15) is 28.9 Å². The number of piperidine rings is 1. The fourth-order valence-electron chi connectivity index (χ4n) is 4.00. The van der Waals surface area contributed by atoms with E-state index < -0.39 is 30.0 Å². The molecule has 1 N–H and O–H groups in total. The summed E-state index contributed by atoms with van der Waals surface area (Å²) in [5.41, 5.74) is 0.350. The molecule has 5 nitrogen and oxygen atoms in total. The van der Waals surface area contributed by atoms with Crippen LogP contribution in [0.1, 0.15) is 30.0 Å². The Kier molecular flexibility index (Phi) is 4.98. The largest absolute Gasteiger partial charge is 0.471 e. The predicted octanol–water partition coefficient (Wildman–Crippen LogP) is 4.85. The molecule has 4 rings (SSSR count). The van der Waals surface area contributed by atoms with Crippen LogP contribution >= 0.6 is 11.6 Å². The van der Waals surface area contributed by atoms with E-state index in [9.17, 15) is 27.6 Å². The van der Waals surface area contributed by atoms with Crippen LogP contribution in [-0.2, 0) is 4.79 Å². The predicted molar refractivity (Wildman–Crippen MR) is 99.9 cm³/mol. The number of hydrogen-bond donors (Lipinski definition) is 1. The molecule has 1 saturated heterocycles. The van der Waals surface area contributed by atoms with Gasteiger partial charge in [0, 0.05) is 18.2 Å². The zero-order valence-electron chi connectivity index (χ0n) is 15.3. The lowest BCUT2D eigenvalue weighted by Crippen LogP contribution is -2.52. The van der Waals surface area contributed by atoms with Gasteiger partial charge < -0.3 is 15.0 Å². The van der Waals surface area contributed by atoms with Gasteiger partial charge >= 0.3 is 12.1 Å². The van der Waals surface area contributed by atoms with Gasteiger partial charge in [0.15, 0.2) is 5.75 Å². The Bertz CT molecular complexity index is 1070. The molecule has 1 fully saturated rings. The number of alkyl halides is 3. The van der Waals surface area contributed by atoms with E-state index in [0.29, 0.717) is 24.3 Å². The summed E-state index contributed by atoms with van der Waals surface area (Å²) in [4.78, 5) is 13.3. The summed E-state index contributed by atoms with van der Waals surface area (Å²) in [5, 5.41) is 11.2. The number of rotatable bonds is 1. The number of para-hydroxylation sites is 1. The maximum absolute atomic E-state index is 14.4. The van der Waals surface area contributed by atoms with Gasteiger partial charge in [0.25, 0.3) is 0 Å². The fraction of sp³-hybridized carbons (Fsp3) is 0.300. The Morgan fingerprint density at radius 1 is 1.30 bits per heavy atom. The van der Waals surface area contributed by atoms with Crippen LogP contribution in [-0.4, -0.2) is 24.7 Å². The molecule has 0 radical (unpaired) electrons. The van der Waals surface area contributed by atoms with Gasteiger partial charge in [0.05, 0.1) is 17.1 Å². The van der Waals surface area contributed by atoms with Crippen molar-refractivity contribution >= 4 is 23.2 Å². The number of halogens is 5. The molecule has 2 aromatic rings. The van der Waals surface area contributed by atoms with Crippen molar-refractivity contribution in [3.05, 3.63) is 52.3 Å². The van der Waals surface area contributed by atoms with E-state index in [-0.39, 0.29) is 28.4 Å². The van der Waals surface area contributed by atoms with Crippen molar-refractivity contribution in [3.8, 4) is 17.6 Å². The van der Waals surface area contributed by atoms with Gasteiger partial charge in [-0.05, 0) is 18.9 Å². The van der Waals surface area contributed by atoms with E-state index in [4.69, 9.17) is 16.3 Å². The zero-order chi connectivity index (χ0) is 21.6. The Hall–Kier alpha value is -2.99. The first-order chi connectivity index (χ1) is 14.2. The Morgan fingerprint density at radius 3 is 2.73 bits per heavy atom. The van der Waals surface area contributed by atoms with E-state index in [1.54, 1.807) is 35.2 Å². The highest BCUT2D eigenvalue weighted by Crippen LogP contribution is 2.51. The third kappa shape index (κ3) is 3.31. The highest BCUT2D eigenvalue weighted by Gasteiger charge is 2.45. The molecule has 2 aliphatic heterocycles. The number of amides is 1. The van der Waals surface area contributed by atoms with Crippen molar-refractivity contribution in [3.63, 3.8) is 0 Å². The smallest absolute Gasteiger partial charge is 0.455 e. The van der Waals surface area contributed by atoms with Crippen LogP contribution in [0, 0.1) is 17.1 Å². The summed E-state index contributed by atoms with van der Waals surface area (Å²) >= 11 is 6.34. The second-order valence-corrected chi connectivity index (χ2v) is 7.38. The lowest BCUT2D eigenvalue weighted by atomic mass is 9.89. The van der Waals surface area contributed by atoms with Crippen LogP contribution < -0.4 is 15.0 Å². The van der Waals surface area contributed by atoms with Crippen molar-refractivity contribution in [2.45, 2.75) is 31.1 Å². The van der Waals surface area contributed by atoms with Crippen molar-refractivity contribution in [1.29, 1.82) is 5.26 Å². The number of nitriles is 1. The Morgan fingerprint density at radius 2 is 2.03 bits per heavy atom. The second kappa shape index (κ2) is 7.36. The molecular weight excluding hydrogens is 426 g/mol. The molecule has 10 heteroatoms. The Labute approximate surface area is 173 Å². The van der Waals surface area contributed by atoms with Gasteiger partial charge in [-0.15, -0.1) is 0 Å². The topological polar surface area (TPSA) is 65.4 Å². The molecule has 2 atom stereocenters. The molecule has 0 aromatic heterocycles. The monoisotopic (exact) mass is 439 g/mol. The van der Waals surface area contributed by atoms with Crippen LogP contribution in [0.2, 0.25) is 5.02 Å². The van der Waals surface area contributed by atoms with Gasteiger partial charge in [-0.2, -0.15) is 18.4 Å². The van der Waals surface area contributed by atoms with E-state index in [1.807, 2.05) is 0 Å². The lowest BCUT2D eigenvalue weighted by Gasteiger charge is -2.42. The first-order valence-electron chi connectivity index (χ1n) is 9.05. The molecule has 0 unspecified atom stereocenters. The number of carbonyl (C=O) groups excluding carboxylic acids is 1. The molecule has 2 heterocycles. The van der Waals surface area contributed by atoms with Gasteiger partial charge in [0.2, 0.25) is 0 Å². The second-order valence-electron chi connectivity index (χ2n) is 7.00. The quantitative estimate of drug-likeness (QED) is 0.645. The van der Waals surface area contributed by atoms with Gasteiger partial charge in [-0.3, -0.25) is 4.79 Å². The van der Waals surface area contributed by atoms with Crippen LogP contribution in [0.25, 0.3) is 0 Å². The highest BCUT2D eigenvalue weighted by molar-refractivity contribution is 6.35. The Balaban J connectivity index is 1.89. The van der Waals surface area contributed by atoms with Gasteiger partial charge in [-0.1, -0.05) is 29.8 Å². The van der Waals surface area contributed by atoms with E-state index >= 15 is 0 Å². The first-order valence-corrected chi connectivity index (χ1v) is 9.43. The minimum atomic E-state index is -5.03. The number of nitrogens with zero attached hydrogens (tertiary/aromatic N) is 2. The molecule has 2 aliphatic rings. The van der Waals surface area contributed by atoms with Crippen LogP contribution in [0.5, 0.6) is 11.5 Å². The average Bonchev–Trinajstić information content (AvgIpc) is 2.82. The molecule has 30 heavy (non-hydrogen) atoms. The molecule has 1 amide bonds. The standard InChI is InChI=1S/C20H14ClF4N3O2/c21-16-11(9-26)12(22)8-15-18(16)28-7-3-5-13(27-19(29)20(23,24)25)17(28)10-4-1-2-6-14(10)30-15/h1-2,4,6,8,13,17H,3,5,7H2,(H,27,29)/t13-,17+/m0/s1. The zero-order valence-corrected chi connectivity index (χ0v) is 16.0. The minimum Gasteiger partial charge on any atom is -0.455 e. The van der Waals surface area contributed by atoms with Crippen molar-refractivity contribution in [1.82, 2.24) is 5.32 Å². The third-order valence-corrected chi connectivity index (χ3v) is 5.59. The number of carbonyl (C=O) groups is 1. The lowest BCUT2D eigenvalue weighted by molar-refractivity contribution is -0.174. The average molecular weight is 440 g/mol. The summed E-state index contributed by atoms with van der Waals surface area (Å²) < 4.78 is 58.9. The first kappa shape index (κ1) is 20.3. The number of benzene rings is 2. The van der Waals surface area contributed by atoms with Crippen LogP contribution in [0.15, 0.2) is 30.3 Å². The summed E-state index contributed by atoms with van der Waals surface area (Å²) in [6, 6.07) is 7.72. The summed E-state index contributed by atoms with van der Waals surface area (Å²) in [5.74, 6) is -2.55. The normalized spacial score (nSPS) is 20.1. The van der Waals surface area contributed by atoms with Crippen LogP contribution in [0.3, 0.4) is 0 Å². The molecule has 2 aromatic carbocycles. The van der Waals surface area contributed by atoms with Crippen molar-refractivity contribution in [2.24, 2.45) is 0 Å². The maximum Gasteiger partial charge on any atom is 0.471 e. The SMILES string of the molecule is N#Cc1c(F)cc2c(c1Cl)N1CCC[C@H](NC(=O)C(F)(F)F)[C@H]1c1ccccc1O2. The number of ether oxygens (including phenoxy) is 1. The summed E-state index contributed by atoms with van der Waals surface area (Å²) in [6.07, 6.45) is -4.30. The summed E-state index contributed by atoms with van der Waals surface area (Å²) in [7, 11) is 0. The van der Waals surface area contributed by atoms with Crippen LogP contribution in [0.4, 0.5) is 23.2 Å². The molecule has 0 saturated carbocycles. The number of anilines is 1. The maximum atomic E-state index is 14.4. The molecule has 0 bridgehead atoms. The summed E-state index contributed by atoms with van der Waals surface area (Å²) in [6.45, 7) is 0.365. The molecule has 0 spiro atoms. The number of fused-ring (bicyclic) bond motifs is 5. The fourth-order valence-corrected chi connectivity index (χ4v) is 4.34.